The number of hydrogen-bond acceptors (Lipinski definition) is 3. The molecule has 3 nitrogen and oxygen atoms in total. The van der Waals surface area contributed by atoms with Crippen molar-refractivity contribution in [3.05, 3.63) is 23.8 Å². The minimum Gasteiger partial charge on any atom is -0.393 e. The minimum absolute atomic E-state index is 0.153. The van der Waals surface area contributed by atoms with E-state index in [4.69, 9.17) is 0 Å². The molecule has 3 heteroatoms. The van der Waals surface area contributed by atoms with Gasteiger partial charge in [-0.1, -0.05) is 77.2 Å². The van der Waals surface area contributed by atoms with E-state index in [0.29, 0.717) is 43.9 Å². The minimum atomic E-state index is -0.842. The Kier molecular flexibility index (Phi) is 8.42. The maximum Gasteiger partial charge on any atom is 0.125 e. The number of hydrogen-bond donors (Lipinski definition) is 3. The highest BCUT2D eigenvalue weighted by atomic mass is 16.3. The summed E-state index contributed by atoms with van der Waals surface area (Å²) in [6.45, 7) is 13.5. The Hall–Kier alpha value is -1.08. The van der Waals surface area contributed by atoms with E-state index < -0.39 is 17.8 Å². The van der Waals surface area contributed by atoms with Crippen LogP contribution in [-0.4, -0.2) is 33.1 Å². The van der Waals surface area contributed by atoms with Crippen LogP contribution in [0.4, 0.5) is 0 Å². The lowest BCUT2D eigenvalue weighted by Gasteiger charge is -2.45. The van der Waals surface area contributed by atoms with Gasteiger partial charge >= 0.3 is 0 Å². The van der Waals surface area contributed by atoms with Crippen LogP contribution in [0.25, 0.3) is 0 Å². The third-order valence-corrected chi connectivity index (χ3v) is 8.58. The number of rotatable bonds is 6. The van der Waals surface area contributed by atoms with Crippen LogP contribution in [0, 0.1) is 34.5 Å². The Balaban J connectivity index is 2.05. The fourth-order valence-corrected chi connectivity index (χ4v) is 5.43. The fourth-order valence-electron chi connectivity index (χ4n) is 5.43. The summed E-state index contributed by atoms with van der Waals surface area (Å²) in [5.41, 5.74) is 0.641. The summed E-state index contributed by atoms with van der Waals surface area (Å²) < 4.78 is 0. The molecule has 3 N–H and O–H groups in total. The second kappa shape index (κ2) is 10.0. The van der Waals surface area contributed by atoms with Gasteiger partial charge in [0.15, 0.2) is 0 Å². The van der Waals surface area contributed by atoms with Gasteiger partial charge in [-0.15, -0.1) is 0 Å². The molecule has 0 heterocycles. The molecule has 0 saturated heterocycles. The van der Waals surface area contributed by atoms with Crippen molar-refractivity contribution >= 4 is 0 Å². The second-order valence-electron chi connectivity index (χ2n) is 10.6. The van der Waals surface area contributed by atoms with Gasteiger partial charge in [0, 0.05) is 6.42 Å². The highest BCUT2D eigenvalue weighted by Crippen LogP contribution is 2.60. The normalized spacial score (nSPS) is 34.2. The van der Waals surface area contributed by atoms with E-state index in [9.17, 15) is 15.3 Å². The van der Waals surface area contributed by atoms with E-state index in [-0.39, 0.29) is 10.8 Å². The van der Waals surface area contributed by atoms with Gasteiger partial charge in [0.2, 0.25) is 0 Å². The average molecular weight is 417 g/mol. The SMILES string of the molecule is CCC(O)(C#CC[C@H](C)[C@@]1(C)CC[C@@H](/C=C/C=C2C[C@@H](O)C[C@@H](O)C2)C1(C)C)CC. The second-order valence-corrected chi connectivity index (χ2v) is 10.6. The first kappa shape index (κ1) is 25.2. The average Bonchev–Trinajstić information content (AvgIpc) is 2.91. The van der Waals surface area contributed by atoms with E-state index in [0.717, 1.165) is 12.0 Å². The van der Waals surface area contributed by atoms with Crippen LogP contribution in [0.1, 0.15) is 92.9 Å². The van der Waals surface area contributed by atoms with Crippen molar-refractivity contribution in [1.29, 1.82) is 0 Å². The Morgan fingerprint density at radius 2 is 1.73 bits per heavy atom. The standard InChI is InChI=1S/C27H44O3/c1-7-27(30,8-2)15-10-11-20(3)26(6)16-14-22(25(26,4)5)13-9-12-21-17-23(28)19-24(29)18-21/h9,12-13,20,22-24,28-30H,7-8,11,14,16-19H2,1-6H3/b13-9+,21-12?/t20-,22+,23-,24+,26+/m0/s1. The quantitative estimate of drug-likeness (QED) is 0.508. The first-order valence-electron chi connectivity index (χ1n) is 11.9. The van der Waals surface area contributed by atoms with E-state index in [1.807, 2.05) is 13.8 Å². The van der Waals surface area contributed by atoms with Crippen molar-refractivity contribution < 1.29 is 15.3 Å². The monoisotopic (exact) mass is 416 g/mol. The molecule has 2 rings (SSSR count). The van der Waals surface area contributed by atoms with Crippen LogP contribution < -0.4 is 0 Å². The van der Waals surface area contributed by atoms with Crippen molar-refractivity contribution in [1.82, 2.24) is 0 Å². The van der Waals surface area contributed by atoms with Crippen molar-refractivity contribution in [2.45, 2.75) is 111 Å². The smallest absolute Gasteiger partial charge is 0.125 e. The summed E-state index contributed by atoms with van der Waals surface area (Å²) in [6.07, 6.45) is 12.1. The van der Waals surface area contributed by atoms with E-state index >= 15 is 0 Å². The first-order valence-corrected chi connectivity index (χ1v) is 11.9. The molecule has 0 aromatic carbocycles. The van der Waals surface area contributed by atoms with Gasteiger partial charge in [0.1, 0.15) is 5.60 Å². The van der Waals surface area contributed by atoms with Crippen LogP contribution in [0.5, 0.6) is 0 Å². The molecule has 0 unspecified atom stereocenters. The molecule has 0 bridgehead atoms. The molecule has 0 amide bonds. The Bertz CT molecular complexity index is 677. The molecule has 0 radical (unpaired) electrons. The molecule has 2 fully saturated rings. The summed E-state index contributed by atoms with van der Waals surface area (Å²) in [5, 5.41) is 30.2. The molecular weight excluding hydrogens is 372 g/mol. The third-order valence-electron chi connectivity index (χ3n) is 8.58. The highest BCUT2D eigenvalue weighted by molar-refractivity contribution is 5.20. The summed E-state index contributed by atoms with van der Waals surface area (Å²) in [5.74, 6) is 7.38. The van der Waals surface area contributed by atoms with Crippen molar-refractivity contribution in [2.75, 3.05) is 0 Å². The van der Waals surface area contributed by atoms with Crippen molar-refractivity contribution in [3.8, 4) is 11.8 Å². The maximum atomic E-state index is 10.4. The summed E-state index contributed by atoms with van der Waals surface area (Å²) in [7, 11) is 0. The van der Waals surface area contributed by atoms with Crippen LogP contribution >= 0.6 is 0 Å². The number of aliphatic hydroxyl groups excluding tert-OH is 2. The molecule has 2 aliphatic carbocycles. The first-order chi connectivity index (χ1) is 14.0. The Morgan fingerprint density at radius 3 is 2.30 bits per heavy atom. The zero-order chi connectivity index (χ0) is 22.6. The van der Waals surface area contributed by atoms with E-state index in [2.05, 4.69) is 57.8 Å². The lowest BCUT2D eigenvalue weighted by molar-refractivity contribution is 0.0475. The van der Waals surface area contributed by atoms with Crippen LogP contribution in [0.3, 0.4) is 0 Å². The fraction of sp³-hybridized carbons (Fsp3) is 0.778. The highest BCUT2D eigenvalue weighted by Gasteiger charge is 2.52. The Morgan fingerprint density at radius 1 is 1.13 bits per heavy atom. The number of allylic oxidation sites excluding steroid dienone is 3. The van der Waals surface area contributed by atoms with Crippen LogP contribution in [-0.2, 0) is 0 Å². The zero-order valence-electron chi connectivity index (χ0n) is 20.0. The van der Waals surface area contributed by atoms with Gasteiger partial charge in [-0.25, -0.2) is 0 Å². The van der Waals surface area contributed by atoms with Gasteiger partial charge in [-0.05, 0) is 67.6 Å². The van der Waals surface area contributed by atoms with Crippen LogP contribution in [0.15, 0.2) is 23.8 Å². The largest absolute Gasteiger partial charge is 0.393 e. The van der Waals surface area contributed by atoms with Crippen LogP contribution in [0.2, 0.25) is 0 Å². The predicted molar refractivity (Wildman–Crippen MR) is 125 cm³/mol. The van der Waals surface area contributed by atoms with Gasteiger partial charge in [0.25, 0.3) is 0 Å². The Labute approximate surface area is 184 Å². The van der Waals surface area contributed by atoms with Gasteiger partial charge in [0.05, 0.1) is 12.2 Å². The molecule has 2 saturated carbocycles. The van der Waals surface area contributed by atoms with Gasteiger partial charge in [-0.2, -0.15) is 0 Å². The molecule has 2 aliphatic rings. The van der Waals surface area contributed by atoms with Gasteiger partial charge in [-0.3, -0.25) is 0 Å². The summed E-state index contributed by atoms with van der Waals surface area (Å²) in [6, 6.07) is 0. The van der Waals surface area contributed by atoms with Crippen molar-refractivity contribution in [2.24, 2.45) is 22.7 Å². The third kappa shape index (κ3) is 5.58. The van der Waals surface area contributed by atoms with Gasteiger partial charge < -0.3 is 15.3 Å². The van der Waals surface area contributed by atoms with Crippen molar-refractivity contribution in [3.63, 3.8) is 0 Å². The molecule has 170 valence electrons. The maximum absolute atomic E-state index is 10.4. The zero-order valence-corrected chi connectivity index (χ0v) is 20.0. The lowest BCUT2D eigenvalue weighted by atomic mass is 9.59. The molecule has 0 spiro atoms. The van der Waals surface area contributed by atoms with E-state index in [1.54, 1.807) is 0 Å². The molecule has 0 aromatic heterocycles. The molecule has 0 aromatic rings. The topological polar surface area (TPSA) is 60.7 Å². The summed E-state index contributed by atoms with van der Waals surface area (Å²) in [4.78, 5) is 0. The molecule has 30 heavy (non-hydrogen) atoms. The number of aliphatic hydroxyl groups is 3. The summed E-state index contributed by atoms with van der Waals surface area (Å²) >= 11 is 0. The predicted octanol–water partition coefficient (Wildman–Crippen LogP) is 5.40. The molecular formula is C27H44O3. The molecule has 0 aliphatic heterocycles. The molecule has 5 atom stereocenters. The lowest BCUT2D eigenvalue weighted by Crippen LogP contribution is -2.38. The van der Waals surface area contributed by atoms with E-state index in [1.165, 1.54) is 12.8 Å².